The zero-order valence-corrected chi connectivity index (χ0v) is 22.7. The standard InChI is InChI=1S/C32H32N4O4/c1-5-21-8-7-9-22(16-21)23-10-11-28(38-3)27(17-23)35-32-25-18-30(29(39-4)19-26(25)33-20-34-32)40-24-12-14-36(15-13-24)31(37)6-2/h5-11,16-20,24H,1-2,12-15H2,3-4H3,(H,33,34,35). The second-order valence-electron chi connectivity index (χ2n) is 9.46. The summed E-state index contributed by atoms with van der Waals surface area (Å²) < 4.78 is 17.7. The normalized spacial score (nSPS) is 13.5. The first-order chi connectivity index (χ1) is 19.5. The molecule has 0 spiro atoms. The highest BCUT2D eigenvalue weighted by Gasteiger charge is 2.24. The van der Waals surface area contributed by atoms with Gasteiger partial charge in [0.2, 0.25) is 5.91 Å². The van der Waals surface area contributed by atoms with Gasteiger partial charge in [0.25, 0.3) is 0 Å². The van der Waals surface area contributed by atoms with Gasteiger partial charge >= 0.3 is 0 Å². The minimum atomic E-state index is -0.0532. The Kier molecular flexibility index (Phi) is 7.96. The number of hydrogen-bond acceptors (Lipinski definition) is 7. The summed E-state index contributed by atoms with van der Waals surface area (Å²) in [6.07, 6.45) is 6.08. The van der Waals surface area contributed by atoms with Crippen LogP contribution < -0.4 is 19.5 Å². The number of nitrogens with one attached hydrogen (secondary N) is 1. The van der Waals surface area contributed by atoms with Gasteiger partial charge in [-0.25, -0.2) is 9.97 Å². The van der Waals surface area contributed by atoms with Gasteiger partial charge in [-0.1, -0.05) is 43.5 Å². The van der Waals surface area contributed by atoms with Crippen molar-refractivity contribution in [3.8, 4) is 28.4 Å². The third kappa shape index (κ3) is 5.61. The number of carbonyl (C=O) groups excluding carboxylic acids is 1. The smallest absolute Gasteiger partial charge is 0.245 e. The Morgan fingerprint density at radius 1 is 0.950 bits per heavy atom. The number of likely N-dealkylation sites (tertiary alicyclic amines) is 1. The number of methoxy groups -OCH3 is 2. The average Bonchev–Trinajstić information content (AvgIpc) is 3.01. The SMILES string of the molecule is C=CC(=O)N1CCC(Oc2cc3c(Nc4cc(-c5cccc(C=C)c5)ccc4OC)ncnc3cc2OC)CC1. The minimum Gasteiger partial charge on any atom is -0.495 e. The number of carbonyl (C=O) groups is 1. The summed E-state index contributed by atoms with van der Waals surface area (Å²) in [6, 6.07) is 17.9. The number of ether oxygens (including phenoxy) is 3. The molecule has 1 saturated heterocycles. The second-order valence-corrected chi connectivity index (χ2v) is 9.46. The van der Waals surface area contributed by atoms with Crippen molar-refractivity contribution < 1.29 is 19.0 Å². The van der Waals surface area contributed by atoms with Crippen LogP contribution in [-0.4, -0.2) is 54.2 Å². The zero-order chi connectivity index (χ0) is 28.1. The summed E-state index contributed by atoms with van der Waals surface area (Å²) in [7, 11) is 3.25. The Balaban J connectivity index is 1.46. The number of anilines is 2. The third-order valence-electron chi connectivity index (χ3n) is 7.05. The Bertz CT molecular complexity index is 1560. The number of hydrogen-bond donors (Lipinski definition) is 1. The summed E-state index contributed by atoms with van der Waals surface area (Å²) in [5.74, 6) is 2.43. The number of piperidine rings is 1. The van der Waals surface area contributed by atoms with Crippen LogP contribution in [-0.2, 0) is 4.79 Å². The molecule has 1 fully saturated rings. The Hall–Kier alpha value is -4.85. The number of fused-ring (bicyclic) bond motifs is 1. The molecule has 1 aromatic heterocycles. The molecule has 1 N–H and O–H groups in total. The molecular formula is C32H32N4O4. The van der Waals surface area contributed by atoms with E-state index in [-0.39, 0.29) is 12.0 Å². The van der Waals surface area contributed by atoms with Gasteiger partial charge < -0.3 is 24.4 Å². The quantitative estimate of drug-likeness (QED) is 0.253. The van der Waals surface area contributed by atoms with Crippen LogP contribution >= 0.6 is 0 Å². The van der Waals surface area contributed by atoms with Crippen molar-refractivity contribution in [2.45, 2.75) is 18.9 Å². The molecule has 0 atom stereocenters. The summed E-state index contributed by atoms with van der Waals surface area (Å²) in [5, 5.41) is 4.23. The first-order valence-electron chi connectivity index (χ1n) is 13.1. The van der Waals surface area contributed by atoms with E-state index in [0.717, 1.165) is 27.8 Å². The lowest BCUT2D eigenvalue weighted by Gasteiger charge is -2.31. The van der Waals surface area contributed by atoms with E-state index >= 15 is 0 Å². The molecular weight excluding hydrogens is 504 g/mol. The lowest BCUT2D eigenvalue weighted by Crippen LogP contribution is -2.41. The summed E-state index contributed by atoms with van der Waals surface area (Å²) >= 11 is 0. The minimum absolute atomic E-state index is 0.0515. The molecule has 0 bridgehead atoms. The van der Waals surface area contributed by atoms with E-state index in [4.69, 9.17) is 14.2 Å². The molecule has 40 heavy (non-hydrogen) atoms. The molecule has 1 aliphatic rings. The molecule has 1 aliphatic heterocycles. The average molecular weight is 537 g/mol. The molecule has 204 valence electrons. The largest absolute Gasteiger partial charge is 0.495 e. The molecule has 2 heterocycles. The fourth-order valence-electron chi connectivity index (χ4n) is 4.88. The predicted molar refractivity (Wildman–Crippen MR) is 158 cm³/mol. The predicted octanol–water partition coefficient (Wildman–Crippen LogP) is 6.26. The molecule has 0 unspecified atom stereocenters. The summed E-state index contributed by atoms with van der Waals surface area (Å²) in [4.78, 5) is 22.8. The Morgan fingerprint density at radius 3 is 2.45 bits per heavy atom. The van der Waals surface area contributed by atoms with E-state index in [2.05, 4.69) is 40.6 Å². The highest BCUT2D eigenvalue weighted by Crippen LogP contribution is 2.38. The molecule has 0 saturated carbocycles. The van der Waals surface area contributed by atoms with Crippen LogP contribution in [0.2, 0.25) is 0 Å². The first kappa shape index (κ1) is 26.7. The molecule has 5 rings (SSSR count). The molecule has 8 nitrogen and oxygen atoms in total. The van der Waals surface area contributed by atoms with Crippen molar-refractivity contribution in [1.29, 1.82) is 0 Å². The molecule has 3 aromatic carbocycles. The number of nitrogens with zero attached hydrogens (tertiary/aromatic N) is 3. The van der Waals surface area contributed by atoms with Gasteiger partial charge in [-0.05, 0) is 47.0 Å². The highest BCUT2D eigenvalue weighted by molar-refractivity contribution is 5.94. The van der Waals surface area contributed by atoms with E-state index in [1.54, 1.807) is 19.1 Å². The van der Waals surface area contributed by atoms with Crippen LogP contribution in [0.4, 0.5) is 11.5 Å². The summed E-state index contributed by atoms with van der Waals surface area (Å²) in [6.45, 7) is 8.70. The molecule has 0 radical (unpaired) electrons. The van der Waals surface area contributed by atoms with Gasteiger partial charge in [0.1, 0.15) is 24.0 Å². The lowest BCUT2D eigenvalue weighted by molar-refractivity contribution is -0.127. The number of aromatic nitrogens is 2. The van der Waals surface area contributed by atoms with Crippen molar-refractivity contribution in [2.24, 2.45) is 0 Å². The monoisotopic (exact) mass is 536 g/mol. The number of benzene rings is 3. The van der Waals surface area contributed by atoms with Crippen LogP contribution in [0.15, 0.2) is 80.2 Å². The Labute approximate surface area is 233 Å². The van der Waals surface area contributed by atoms with Crippen LogP contribution in [0.3, 0.4) is 0 Å². The van der Waals surface area contributed by atoms with Crippen molar-refractivity contribution >= 4 is 34.4 Å². The van der Waals surface area contributed by atoms with Gasteiger partial charge in [0.15, 0.2) is 11.5 Å². The van der Waals surface area contributed by atoms with E-state index in [0.29, 0.717) is 54.5 Å². The van der Waals surface area contributed by atoms with Crippen molar-refractivity contribution in [1.82, 2.24) is 14.9 Å². The Morgan fingerprint density at radius 2 is 1.73 bits per heavy atom. The third-order valence-corrected chi connectivity index (χ3v) is 7.05. The molecule has 4 aromatic rings. The number of rotatable bonds is 9. The van der Waals surface area contributed by atoms with Gasteiger partial charge in [-0.2, -0.15) is 0 Å². The first-order valence-corrected chi connectivity index (χ1v) is 13.1. The fourth-order valence-corrected chi connectivity index (χ4v) is 4.88. The maximum atomic E-state index is 12.0. The fraction of sp³-hybridized carbons (Fsp3) is 0.219. The summed E-state index contributed by atoms with van der Waals surface area (Å²) in [5.41, 5.74) is 4.61. The van der Waals surface area contributed by atoms with E-state index in [1.165, 1.54) is 12.4 Å². The van der Waals surface area contributed by atoms with Gasteiger partial charge in [0, 0.05) is 37.4 Å². The zero-order valence-electron chi connectivity index (χ0n) is 22.7. The van der Waals surface area contributed by atoms with Gasteiger partial charge in [-0.15, -0.1) is 0 Å². The van der Waals surface area contributed by atoms with Crippen molar-refractivity contribution in [3.05, 3.63) is 85.7 Å². The van der Waals surface area contributed by atoms with Crippen LogP contribution in [0.1, 0.15) is 18.4 Å². The topological polar surface area (TPSA) is 85.8 Å². The maximum Gasteiger partial charge on any atom is 0.245 e. The lowest BCUT2D eigenvalue weighted by atomic mass is 10.0. The molecule has 8 heteroatoms. The van der Waals surface area contributed by atoms with E-state index < -0.39 is 0 Å². The molecule has 1 amide bonds. The van der Waals surface area contributed by atoms with Crippen molar-refractivity contribution in [3.63, 3.8) is 0 Å². The highest BCUT2D eigenvalue weighted by atomic mass is 16.5. The van der Waals surface area contributed by atoms with Gasteiger partial charge in [-0.3, -0.25) is 4.79 Å². The molecule has 0 aliphatic carbocycles. The van der Waals surface area contributed by atoms with Crippen LogP contribution in [0.5, 0.6) is 17.2 Å². The van der Waals surface area contributed by atoms with E-state index in [9.17, 15) is 4.79 Å². The van der Waals surface area contributed by atoms with E-state index in [1.807, 2.05) is 48.5 Å². The van der Waals surface area contributed by atoms with Crippen LogP contribution in [0, 0.1) is 0 Å². The van der Waals surface area contributed by atoms with Crippen molar-refractivity contribution in [2.75, 3.05) is 32.6 Å². The van der Waals surface area contributed by atoms with Crippen LogP contribution in [0.25, 0.3) is 28.1 Å². The second kappa shape index (κ2) is 11.9. The van der Waals surface area contributed by atoms with Gasteiger partial charge in [0.05, 0.1) is 25.4 Å². The number of amides is 1. The maximum absolute atomic E-state index is 12.0.